The number of aryl methyl sites for hydroxylation is 1. The number of benzene rings is 1. The summed E-state index contributed by atoms with van der Waals surface area (Å²) < 4.78 is 23.1. The Balaban J connectivity index is 2.13. The van der Waals surface area contributed by atoms with Crippen LogP contribution in [0.15, 0.2) is 18.2 Å². The molecule has 0 spiro atoms. The lowest BCUT2D eigenvalue weighted by atomic mass is 10.1. The van der Waals surface area contributed by atoms with E-state index < -0.39 is 14.8 Å². The molecule has 1 N–H and O–H groups in total. The van der Waals surface area contributed by atoms with Crippen LogP contribution in [-0.2, 0) is 9.84 Å². The van der Waals surface area contributed by atoms with Crippen LogP contribution in [0.4, 0.5) is 11.4 Å². The van der Waals surface area contributed by atoms with Crippen molar-refractivity contribution < 1.29 is 13.3 Å². The Labute approximate surface area is 111 Å². The van der Waals surface area contributed by atoms with Crippen molar-refractivity contribution in [2.75, 3.05) is 16.8 Å². The Morgan fingerprint density at radius 3 is 2.74 bits per heavy atom. The van der Waals surface area contributed by atoms with Gasteiger partial charge >= 0.3 is 0 Å². The van der Waals surface area contributed by atoms with Crippen LogP contribution >= 0.6 is 0 Å². The molecule has 7 heteroatoms. The topological polar surface area (TPSA) is 89.3 Å². The van der Waals surface area contributed by atoms with E-state index in [-0.39, 0.29) is 23.2 Å². The van der Waals surface area contributed by atoms with Gasteiger partial charge in [-0.15, -0.1) is 0 Å². The highest BCUT2D eigenvalue weighted by molar-refractivity contribution is 7.91. The van der Waals surface area contributed by atoms with Crippen molar-refractivity contribution in [3.05, 3.63) is 33.9 Å². The van der Waals surface area contributed by atoms with Gasteiger partial charge in [0, 0.05) is 23.9 Å². The van der Waals surface area contributed by atoms with Crippen molar-refractivity contribution in [1.82, 2.24) is 0 Å². The van der Waals surface area contributed by atoms with E-state index in [4.69, 9.17) is 0 Å². The minimum Gasteiger partial charge on any atom is -0.381 e. The Bertz CT molecular complexity index is 598. The molecule has 1 saturated heterocycles. The first-order chi connectivity index (χ1) is 8.87. The molecule has 0 amide bonds. The van der Waals surface area contributed by atoms with Crippen molar-refractivity contribution in [3.63, 3.8) is 0 Å². The monoisotopic (exact) mass is 284 g/mol. The lowest BCUT2D eigenvalue weighted by molar-refractivity contribution is -0.384. The minimum atomic E-state index is -2.96. The molecule has 2 rings (SSSR count). The predicted molar refractivity (Wildman–Crippen MR) is 73.1 cm³/mol. The van der Waals surface area contributed by atoms with Crippen LogP contribution < -0.4 is 5.32 Å². The molecular weight excluding hydrogens is 268 g/mol. The van der Waals surface area contributed by atoms with E-state index in [0.717, 1.165) is 17.7 Å². The lowest BCUT2D eigenvalue weighted by Gasteiger charge is -2.24. The number of nitro groups is 1. The van der Waals surface area contributed by atoms with Crippen LogP contribution in [0, 0.1) is 17.0 Å². The standard InChI is InChI=1S/C12H16N2O4S/c1-9-7-11(14(15)16)4-5-12(9)13-10-3-2-6-19(17,18)8-10/h4-5,7,10,13H,2-3,6,8H2,1H3. The number of rotatable bonds is 3. The number of sulfone groups is 1. The molecule has 0 saturated carbocycles. The van der Waals surface area contributed by atoms with Crippen molar-refractivity contribution >= 4 is 21.2 Å². The Morgan fingerprint density at radius 2 is 2.16 bits per heavy atom. The molecule has 0 bridgehead atoms. The molecule has 104 valence electrons. The summed E-state index contributed by atoms with van der Waals surface area (Å²) in [5, 5.41) is 13.8. The minimum absolute atomic E-state index is 0.0410. The molecule has 0 radical (unpaired) electrons. The fraction of sp³-hybridized carbons (Fsp3) is 0.500. The molecule has 1 aromatic carbocycles. The molecule has 19 heavy (non-hydrogen) atoms. The molecule has 0 aromatic heterocycles. The number of anilines is 1. The van der Waals surface area contributed by atoms with Crippen LogP contribution in [-0.4, -0.2) is 30.9 Å². The van der Waals surface area contributed by atoms with Gasteiger partial charge in [-0.05, 0) is 31.4 Å². The van der Waals surface area contributed by atoms with Gasteiger partial charge in [0.15, 0.2) is 9.84 Å². The normalized spacial score (nSPS) is 21.8. The van der Waals surface area contributed by atoms with Gasteiger partial charge in [0.25, 0.3) is 5.69 Å². The fourth-order valence-electron chi connectivity index (χ4n) is 2.28. The Kier molecular flexibility index (Phi) is 3.75. The van der Waals surface area contributed by atoms with Gasteiger partial charge in [-0.25, -0.2) is 8.42 Å². The second kappa shape index (κ2) is 5.16. The average molecular weight is 284 g/mol. The number of hydrogen-bond donors (Lipinski definition) is 1. The highest BCUT2D eigenvalue weighted by Crippen LogP contribution is 2.24. The summed E-state index contributed by atoms with van der Waals surface area (Å²) in [4.78, 5) is 10.2. The number of nitrogens with one attached hydrogen (secondary N) is 1. The van der Waals surface area contributed by atoms with E-state index in [1.54, 1.807) is 13.0 Å². The zero-order valence-electron chi connectivity index (χ0n) is 10.6. The van der Waals surface area contributed by atoms with Gasteiger partial charge in [-0.2, -0.15) is 0 Å². The molecule has 6 nitrogen and oxygen atoms in total. The summed E-state index contributed by atoms with van der Waals surface area (Å²) in [5.41, 5.74) is 1.55. The molecule has 1 aliphatic heterocycles. The molecule has 1 fully saturated rings. The summed E-state index contributed by atoms with van der Waals surface area (Å²) in [6.07, 6.45) is 1.46. The third-order valence-corrected chi connectivity index (χ3v) is 5.06. The second-order valence-corrected chi connectivity index (χ2v) is 7.08. The van der Waals surface area contributed by atoms with Gasteiger partial charge in [0.05, 0.1) is 16.4 Å². The van der Waals surface area contributed by atoms with Crippen molar-refractivity contribution in [2.24, 2.45) is 0 Å². The van der Waals surface area contributed by atoms with Crippen molar-refractivity contribution in [1.29, 1.82) is 0 Å². The van der Waals surface area contributed by atoms with Crippen LogP contribution in [0.25, 0.3) is 0 Å². The van der Waals surface area contributed by atoms with Gasteiger partial charge < -0.3 is 5.32 Å². The van der Waals surface area contributed by atoms with Gasteiger partial charge in [0.2, 0.25) is 0 Å². The van der Waals surface area contributed by atoms with E-state index in [1.807, 2.05) is 0 Å². The third kappa shape index (κ3) is 3.44. The first-order valence-corrected chi connectivity index (χ1v) is 7.91. The number of nitrogens with zero attached hydrogens (tertiary/aromatic N) is 1. The Hall–Kier alpha value is -1.63. The van der Waals surface area contributed by atoms with Crippen LogP contribution in [0.1, 0.15) is 18.4 Å². The SMILES string of the molecule is Cc1cc([N+](=O)[O-])ccc1NC1CCCS(=O)(=O)C1. The molecular formula is C12H16N2O4S. The number of hydrogen-bond acceptors (Lipinski definition) is 5. The van der Waals surface area contributed by atoms with E-state index in [0.29, 0.717) is 6.42 Å². The molecule has 0 aliphatic carbocycles. The molecule has 1 aromatic rings. The van der Waals surface area contributed by atoms with Crippen LogP contribution in [0.3, 0.4) is 0 Å². The molecule has 1 atom stereocenters. The number of non-ortho nitro benzene ring substituents is 1. The summed E-state index contributed by atoms with van der Waals surface area (Å²) in [6.45, 7) is 1.77. The van der Waals surface area contributed by atoms with Gasteiger partial charge in [-0.3, -0.25) is 10.1 Å². The maximum Gasteiger partial charge on any atom is 0.269 e. The molecule has 1 unspecified atom stereocenters. The van der Waals surface area contributed by atoms with Gasteiger partial charge in [-0.1, -0.05) is 0 Å². The van der Waals surface area contributed by atoms with E-state index in [1.165, 1.54) is 12.1 Å². The van der Waals surface area contributed by atoms with Gasteiger partial charge in [0.1, 0.15) is 0 Å². The van der Waals surface area contributed by atoms with Crippen molar-refractivity contribution in [2.45, 2.75) is 25.8 Å². The van der Waals surface area contributed by atoms with E-state index >= 15 is 0 Å². The first kappa shape index (κ1) is 13.8. The zero-order valence-corrected chi connectivity index (χ0v) is 11.4. The Morgan fingerprint density at radius 1 is 1.42 bits per heavy atom. The number of nitro benzene ring substituents is 1. The summed E-state index contributed by atoms with van der Waals surface area (Å²) in [7, 11) is -2.96. The van der Waals surface area contributed by atoms with Crippen molar-refractivity contribution in [3.8, 4) is 0 Å². The smallest absolute Gasteiger partial charge is 0.269 e. The third-order valence-electron chi connectivity index (χ3n) is 3.24. The second-order valence-electron chi connectivity index (χ2n) is 4.85. The summed E-state index contributed by atoms with van der Waals surface area (Å²) in [5.74, 6) is 0.383. The molecule has 1 aliphatic rings. The lowest BCUT2D eigenvalue weighted by Crippen LogP contribution is -2.34. The molecule has 1 heterocycles. The maximum atomic E-state index is 11.6. The van der Waals surface area contributed by atoms with Crippen LogP contribution in [0.5, 0.6) is 0 Å². The highest BCUT2D eigenvalue weighted by atomic mass is 32.2. The predicted octanol–water partition coefficient (Wildman–Crippen LogP) is 1.89. The summed E-state index contributed by atoms with van der Waals surface area (Å²) >= 11 is 0. The zero-order chi connectivity index (χ0) is 14.0. The maximum absolute atomic E-state index is 11.6. The fourth-order valence-corrected chi connectivity index (χ4v) is 3.92. The largest absolute Gasteiger partial charge is 0.381 e. The average Bonchev–Trinajstić information content (AvgIpc) is 2.30. The van der Waals surface area contributed by atoms with E-state index in [2.05, 4.69) is 5.32 Å². The first-order valence-electron chi connectivity index (χ1n) is 6.09. The highest BCUT2D eigenvalue weighted by Gasteiger charge is 2.25. The van der Waals surface area contributed by atoms with Crippen LogP contribution in [0.2, 0.25) is 0 Å². The quantitative estimate of drug-likeness (QED) is 0.676. The van der Waals surface area contributed by atoms with E-state index in [9.17, 15) is 18.5 Å². The summed E-state index contributed by atoms with van der Waals surface area (Å²) in [6, 6.07) is 4.43.